The summed E-state index contributed by atoms with van der Waals surface area (Å²) in [6.45, 7) is 16.8. The summed E-state index contributed by atoms with van der Waals surface area (Å²) in [6.07, 6.45) is 2.73. The summed E-state index contributed by atoms with van der Waals surface area (Å²) in [6, 6.07) is 0. The minimum atomic E-state index is -0.836. The molecule has 18 heavy (non-hydrogen) atoms. The van der Waals surface area contributed by atoms with Gasteiger partial charge in [-0.15, -0.1) is 0 Å². The topological polar surface area (TPSA) is 37.3 Å². The van der Waals surface area contributed by atoms with Crippen LogP contribution in [0, 0.1) is 23.2 Å². The maximum Gasteiger partial charge on any atom is 0.331 e. The molecule has 0 amide bonds. The van der Waals surface area contributed by atoms with Crippen molar-refractivity contribution >= 4 is 5.97 Å². The summed E-state index contributed by atoms with van der Waals surface area (Å²) in [5.74, 6) is 0.618. The maximum absolute atomic E-state index is 11.4. The number of carboxylic acid groups (broad SMARTS) is 1. The Labute approximate surface area is 112 Å². The predicted octanol–water partition coefficient (Wildman–Crippen LogP) is 4.75. The zero-order valence-electron chi connectivity index (χ0n) is 12.9. The van der Waals surface area contributed by atoms with Crippen molar-refractivity contribution in [2.24, 2.45) is 23.2 Å². The lowest BCUT2D eigenvalue weighted by Gasteiger charge is -2.38. The molecule has 0 radical (unpaired) electrons. The monoisotopic (exact) mass is 254 g/mol. The van der Waals surface area contributed by atoms with Gasteiger partial charge in [0, 0.05) is 11.0 Å². The molecule has 0 aromatic rings. The van der Waals surface area contributed by atoms with E-state index in [0.717, 1.165) is 19.3 Å². The predicted molar refractivity (Wildman–Crippen MR) is 77.6 cm³/mol. The summed E-state index contributed by atoms with van der Waals surface area (Å²) in [5.41, 5.74) is 0.154. The molecule has 0 heterocycles. The SMILES string of the molecule is C=C(C(=O)O)C(CC(C)C)(CC(C)C)CC(C)C. The molecule has 0 rings (SSSR count). The van der Waals surface area contributed by atoms with Crippen LogP contribution in [0.5, 0.6) is 0 Å². The highest BCUT2D eigenvalue weighted by Gasteiger charge is 2.38. The van der Waals surface area contributed by atoms with E-state index in [2.05, 4.69) is 48.1 Å². The summed E-state index contributed by atoms with van der Waals surface area (Å²) in [4.78, 5) is 11.4. The second-order valence-corrected chi connectivity index (χ2v) is 6.86. The Morgan fingerprint density at radius 3 is 1.39 bits per heavy atom. The van der Waals surface area contributed by atoms with E-state index in [9.17, 15) is 9.90 Å². The van der Waals surface area contributed by atoms with Crippen LogP contribution >= 0.6 is 0 Å². The van der Waals surface area contributed by atoms with Crippen LogP contribution in [0.1, 0.15) is 60.8 Å². The molecule has 0 saturated carbocycles. The van der Waals surface area contributed by atoms with E-state index in [1.165, 1.54) is 0 Å². The van der Waals surface area contributed by atoms with E-state index in [4.69, 9.17) is 0 Å². The average molecular weight is 254 g/mol. The number of aliphatic carboxylic acids is 1. The first-order valence-corrected chi connectivity index (χ1v) is 7.03. The van der Waals surface area contributed by atoms with Gasteiger partial charge in [0.1, 0.15) is 0 Å². The molecule has 0 aliphatic carbocycles. The van der Waals surface area contributed by atoms with E-state index in [-0.39, 0.29) is 5.41 Å². The molecule has 0 atom stereocenters. The third-order valence-corrected chi connectivity index (χ3v) is 3.30. The summed E-state index contributed by atoms with van der Waals surface area (Å²) < 4.78 is 0. The van der Waals surface area contributed by atoms with Crippen molar-refractivity contribution in [1.29, 1.82) is 0 Å². The zero-order chi connectivity index (χ0) is 14.5. The Bertz CT molecular complexity index is 261. The van der Waals surface area contributed by atoms with Gasteiger partial charge < -0.3 is 5.11 Å². The molecule has 0 spiro atoms. The molecule has 106 valence electrons. The van der Waals surface area contributed by atoms with Crippen molar-refractivity contribution in [3.05, 3.63) is 12.2 Å². The van der Waals surface area contributed by atoms with E-state index >= 15 is 0 Å². The van der Waals surface area contributed by atoms with Gasteiger partial charge in [-0.3, -0.25) is 0 Å². The van der Waals surface area contributed by atoms with Crippen LogP contribution in [0.25, 0.3) is 0 Å². The molecular formula is C16H30O2. The van der Waals surface area contributed by atoms with Crippen molar-refractivity contribution in [3.8, 4) is 0 Å². The van der Waals surface area contributed by atoms with E-state index in [1.54, 1.807) is 0 Å². The Hall–Kier alpha value is -0.790. The molecule has 0 aliphatic heterocycles. The lowest BCUT2D eigenvalue weighted by Crippen LogP contribution is -2.32. The number of hydrogen-bond donors (Lipinski definition) is 1. The molecule has 0 aliphatic rings. The Morgan fingerprint density at radius 2 is 1.22 bits per heavy atom. The summed E-state index contributed by atoms with van der Waals surface area (Å²) in [7, 11) is 0. The lowest BCUT2D eigenvalue weighted by molar-refractivity contribution is -0.134. The molecule has 0 unspecified atom stereocenters. The third kappa shape index (κ3) is 5.24. The van der Waals surface area contributed by atoms with Crippen LogP contribution in [0.15, 0.2) is 12.2 Å². The largest absolute Gasteiger partial charge is 0.478 e. The van der Waals surface area contributed by atoms with E-state index in [0.29, 0.717) is 23.3 Å². The first kappa shape index (κ1) is 17.2. The molecule has 0 aromatic carbocycles. The number of carboxylic acids is 1. The third-order valence-electron chi connectivity index (χ3n) is 3.30. The maximum atomic E-state index is 11.4. The highest BCUT2D eigenvalue weighted by Crippen LogP contribution is 2.45. The number of rotatable bonds is 8. The van der Waals surface area contributed by atoms with Crippen LogP contribution in [0.4, 0.5) is 0 Å². The molecule has 2 heteroatoms. The van der Waals surface area contributed by atoms with Crippen LogP contribution in [0.3, 0.4) is 0 Å². The first-order chi connectivity index (χ1) is 8.10. The minimum Gasteiger partial charge on any atom is -0.478 e. The number of carbonyl (C=O) groups is 1. The molecule has 0 aromatic heterocycles. The van der Waals surface area contributed by atoms with Crippen molar-refractivity contribution < 1.29 is 9.90 Å². The van der Waals surface area contributed by atoms with Crippen molar-refractivity contribution in [2.75, 3.05) is 0 Å². The first-order valence-electron chi connectivity index (χ1n) is 7.03. The van der Waals surface area contributed by atoms with Gasteiger partial charge in [-0.05, 0) is 37.0 Å². The standard InChI is InChI=1S/C16H30O2/c1-11(2)8-16(9-12(3)4,10-13(5)6)14(7)15(17)18/h11-13H,7-10H2,1-6H3,(H,17,18). The normalized spacial score (nSPS) is 12.5. The highest BCUT2D eigenvalue weighted by atomic mass is 16.4. The van der Waals surface area contributed by atoms with Gasteiger partial charge in [0.15, 0.2) is 0 Å². The molecule has 0 fully saturated rings. The summed E-state index contributed by atoms with van der Waals surface area (Å²) in [5, 5.41) is 9.36. The van der Waals surface area contributed by atoms with Crippen LogP contribution in [-0.4, -0.2) is 11.1 Å². The fourth-order valence-electron chi connectivity index (χ4n) is 3.19. The fraction of sp³-hybridized carbons (Fsp3) is 0.812. The van der Waals surface area contributed by atoms with Crippen molar-refractivity contribution in [1.82, 2.24) is 0 Å². The zero-order valence-corrected chi connectivity index (χ0v) is 12.9. The van der Waals surface area contributed by atoms with Gasteiger partial charge in [0.2, 0.25) is 0 Å². The second-order valence-electron chi connectivity index (χ2n) is 6.86. The van der Waals surface area contributed by atoms with Gasteiger partial charge in [-0.2, -0.15) is 0 Å². The highest BCUT2D eigenvalue weighted by molar-refractivity contribution is 5.87. The van der Waals surface area contributed by atoms with Gasteiger partial charge in [-0.1, -0.05) is 48.1 Å². The van der Waals surface area contributed by atoms with Gasteiger partial charge in [0.25, 0.3) is 0 Å². The molecule has 2 nitrogen and oxygen atoms in total. The minimum absolute atomic E-state index is 0.248. The Kier molecular flexibility index (Phi) is 6.66. The molecule has 1 N–H and O–H groups in total. The van der Waals surface area contributed by atoms with Crippen molar-refractivity contribution in [3.63, 3.8) is 0 Å². The Morgan fingerprint density at radius 1 is 0.944 bits per heavy atom. The van der Waals surface area contributed by atoms with Gasteiger partial charge in [0.05, 0.1) is 0 Å². The lowest BCUT2D eigenvalue weighted by atomic mass is 9.65. The van der Waals surface area contributed by atoms with Gasteiger partial charge >= 0.3 is 5.97 Å². The molecule has 0 saturated heterocycles. The van der Waals surface area contributed by atoms with Gasteiger partial charge in [-0.25, -0.2) is 4.79 Å². The van der Waals surface area contributed by atoms with E-state index < -0.39 is 5.97 Å². The average Bonchev–Trinajstić information content (AvgIpc) is 2.12. The molecular weight excluding hydrogens is 224 g/mol. The second kappa shape index (κ2) is 6.96. The molecule has 0 bridgehead atoms. The number of hydrogen-bond acceptors (Lipinski definition) is 1. The van der Waals surface area contributed by atoms with Crippen LogP contribution in [0.2, 0.25) is 0 Å². The quantitative estimate of drug-likeness (QED) is 0.634. The smallest absolute Gasteiger partial charge is 0.331 e. The van der Waals surface area contributed by atoms with Crippen molar-refractivity contribution in [2.45, 2.75) is 60.8 Å². The van der Waals surface area contributed by atoms with Crippen LogP contribution in [-0.2, 0) is 4.79 Å². The summed E-state index contributed by atoms with van der Waals surface area (Å²) >= 11 is 0. The van der Waals surface area contributed by atoms with E-state index in [1.807, 2.05) is 0 Å². The Balaban J connectivity index is 5.37. The van der Waals surface area contributed by atoms with Crippen LogP contribution < -0.4 is 0 Å². The fourth-order valence-corrected chi connectivity index (χ4v) is 3.19.